The molecule has 6 heteroatoms. The Bertz CT molecular complexity index is 876. The minimum atomic E-state index is -0.721. The highest BCUT2D eigenvalue weighted by atomic mass is 16.6. The van der Waals surface area contributed by atoms with Crippen molar-refractivity contribution in [1.82, 2.24) is 0 Å². The van der Waals surface area contributed by atoms with Crippen LogP contribution in [-0.2, 0) is 23.9 Å². The lowest BCUT2D eigenvalue weighted by molar-refractivity contribution is -0.186. The summed E-state index contributed by atoms with van der Waals surface area (Å²) in [5.41, 5.74) is -0.333. The molecule has 2 saturated heterocycles. The van der Waals surface area contributed by atoms with Crippen LogP contribution in [0.2, 0.25) is 0 Å². The van der Waals surface area contributed by atoms with Gasteiger partial charge in [0.1, 0.15) is 18.2 Å². The van der Waals surface area contributed by atoms with E-state index in [4.69, 9.17) is 9.47 Å². The number of hydrogen-bond acceptors (Lipinski definition) is 6. The Morgan fingerprint density at radius 1 is 0.765 bits per heavy atom. The van der Waals surface area contributed by atoms with E-state index in [9.17, 15) is 19.5 Å². The zero-order valence-electron chi connectivity index (χ0n) is 21.4. The molecule has 34 heavy (non-hydrogen) atoms. The number of aliphatic hydroxyl groups is 1. The number of carbonyl (C=O) groups is 3. The smallest absolute Gasteiger partial charge is 0.313 e. The van der Waals surface area contributed by atoms with Crippen molar-refractivity contribution in [3.05, 3.63) is 0 Å². The van der Waals surface area contributed by atoms with Gasteiger partial charge >= 0.3 is 5.97 Å². The number of ketones is 2. The summed E-state index contributed by atoms with van der Waals surface area (Å²) in [6.45, 7) is 9.85. The fourth-order valence-electron chi connectivity index (χ4n) is 9.44. The van der Waals surface area contributed by atoms with Crippen LogP contribution in [0.4, 0.5) is 0 Å². The summed E-state index contributed by atoms with van der Waals surface area (Å²) in [5.74, 6) is 1.06. The monoisotopic (exact) mass is 474 g/mol. The Morgan fingerprint density at radius 3 is 2.06 bits per heavy atom. The number of hydrogen-bond donors (Lipinski definition) is 1. The lowest BCUT2D eigenvalue weighted by Gasteiger charge is -2.55. The zero-order valence-corrected chi connectivity index (χ0v) is 21.4. The fraction of sp³-hybridized carbons (Fsp3) is 0.893. The number of aliphatic hydroxyl groups excluding tert-OH is 1. The maximum absolute atomic E-state index is 12.2. The van der Waals surface area contributed by atoms with Crippen molar-refractivity contribution in [2.75, 3.05) is 13.2 Å². The van der Waals surface area contributed by atoms with Crippen molar-refractivity contribution >= 4 is 17.5 Å². The first-order chi connectivity index (χ1) is 16.0. The van der Waals surface area contributed by atoms with Crippen LogP contribution in [0.25, 0.3) is 0 Å². The second kappa shape index (κ2) is 8.12. The number of Topliss-reactive ketones (excluding diaryl/α,β-unsaturated/α-hetero) is 2. The van der Waals surface area contributed by atoms with Crippen molar-refractivity contribution in [2.45, 2.75) is 98.2 Å². The Morgan fingerprint density at radius 2 is 1.35 bits per heavy atom. The molecule has 0 amide bonds. The Kier molecular flexibility index (Phi) is 5.84. The molecule has 190 valence electrons. The molecule has 0 aromatic carbocycles. The molecule has 7 atom stereocenters. The molecule has 2 aliphatic heterocycles. The molecule has 2 heterocycles. The van der Waals surface area contributed by atoms with Gasteiger partial charge in [0, 0.05) is 18.3 Å². The quantitative estimate of drug-likeness (QED) is 0.521. The molecule has 6 aliphatic rings. The van der Waals surface area contributed by atoms with E-state index in [0.29, 0.717) is 43.7 Å². The highest BCUT2D eigenvalue weighted by molar-refractivity contribution is 5.93. The van der Waals surface area contributed by atoms with Gasteiger partial charge in [-0.15, -0.1) is 0 Å². The van der Waals surface area contributed by atoms with E-state index in [0.717, 1.165) is 44.9 Å². The third-order valence-electron chi connectivity index (χ3n) is 11.0. The molecule has 4 saturated carbocycles. The first kappa shape index (κ1) is 24.4. The summed E-state index contributed by atoms with van der Waals surface area (Å²) in [6.07, 6.45) is 8.72. The van der Waals surface area contributed by atoms with Crippen molar-refractivity contribution in [3.63, 3.8) is 0 Å². The molecule has 0 radical (unpaired) electrons. The molecular weight excluding hydrogens is 432 g/mol. The molecule has 5 unspecified atom stereocenters. The van der Waals surface area contributed by atoms with Crippen LogP contribution < -0.4 is 0 Å². The average molecular weight is 475 g/mol. The van der Waals surface area contributed by atoms with Gasteiger partial charge in [-0.25, -0.2) is 0 Å². The summed E-state index contributed by atoms with van der Waals surface area (Å²) in [4.78, 5) is 36.4. The van der Waals surface area contributed by atoms with E-state index in [1.54, 1.807) is 0 Å². The van der Waals surface area contributed by atoms with Gasteiger partial charge in [-0.05, 0) is 61.2 Å². The van der Waals surface area contributed by atoms with Gasteiger partial charge in [-0.1, -0.05) is 40.5 Å². The molecule has 0 bridgehead atoms. The van der Waals surface area contributed by atoms with E-state index >= 15 is 0 Å². The first-order valence-electron chi connectivity index (χ1n) is 13.5. The summed E-state index contributed by atoms with van der Waals surface area (Å²) in [6, 6.07) is 0. The van der Waals surface area contributed by atoms with Crippen LogP contribution >= 0.6 is 0 Å². The predicted molar refractivity (Wildman–Crippen MR) is 125 cm³/mol. The van der Waals surface area contributed by atoms with E-state index in [-0.39, 0.29) is 39.8 Å². The third kappa shape index (κ3) is 3.30. The van der Waals surface area contributed by atoms with Crippen LogP contribution in [0.5, 0.6) is 0 Å². The van der Waals surface area contributed by atoms with Gasteiger partial charge in [-0.2, -0.15) is 0 Å². The molecule has 4 aliphatic carbocycles. The van der Waals surface area contributed by atoms with Crippen molar-refractivity contribution in [3.8, 4) is 0 Å². The lowest BCUT2D eigenvalue weighted by atomic mass is 9.48. The van der Waals surface area contributed by atoms with Gasteiger partial charge < -0.3 is 14.6 Å². The van der Waals surface area contributed by atoms with Crippen molar-refractivity contribution < 1.29 is 29.0 Å². The van der Waals surface area contributed by atoms with Crippen LogP contribution in [0, 0.1) is 45.3 Å². The topological polar surface area (TPSA) is 89.9 Å². The molecule has 0 aromatic rings. The standard InChI is InChI=1S/C14H22O3.C14H20O3/c2*1-13(2)6-3-7-14-9(8-17-12(14)16)10(15)4-5-11(13)14/h9,11-12,16H,3-8H2,1-2H3;9,11H,3-8H2,1-2H3/t9?,11?,12?,14-;9?,11?,14-/m00/s1. The van der Waals surface area contributed by atoms with E-state index in [2.05, 4.69) is 27.7 Å². The molecule has 1 N–H and O–H groups in total. The zero-order chi connectivity index (χ0) is 24.5. The number of cyclic esters (lactones) is 1. The van der Waals surface area contributed by atoms with Gasteiger partial charge in [0.05, 0.1) is 23.9 Å². The molecule has 6 rings (SSSR count). The second-order valence-corrected chi connectivity index (χ2v) is 13.3. The van der Waals surface area contributed by atoms with Gasteiger partial charge in [0.15, 0.2) is 6.29 Å². The number of carbonyl (C=O) groups excluding carboxylic acids is 3. The lowest BCUT2D eigenvalue weighted by Crippen LogP contribution is -2.56. The molecule has 2 spiro atoms. The van der Waals surface area contributed by atoms with Crippen molar-refractivity contribution in [2.24, 2.45) is 45.3 Å². The molecule has 0 aromatic heterocycles. The maximum Gasteiger partial charge on any atom is 0.313 e. The van der Waals surface area contributed by atoms with Crippen LogP contribution in [-0.4, -0.2) is 42.1 Å². The van der Waals surface area contributed by atoms with Crippen molar-refractivity contribution in [1.29, 1.82) is 0 Å². The average Bonchev–Trinajstić information content (AvgIpc) is 3.27. The summed E-state index contributed by atoms with van der Waals surface area (Å²) in [7, 11) is 0. The highest BCUT2D eigenvalue weighted by Gasteiger charge is 2.66. The minimum absolute atomic E-state index is 0.0455. The van der Waals surface area contributed by atoms with Crippen LogP contribution in [0.3, 0.4) is 0 Å². The Labute approximate surface area is 203 Å². The van der Waals surface area contributed by atoms with E-state index < -0.39 is 11.7 Å². The van der Waals surface area contributed by atoms with Crippen LogP contribution in [0.1, 0.15) is 91.9 Å². The fourth-order valence-corrected chi connectivity index (χ4v) is 9.44. The van der Waals surface area contributed by atoms with Gasteiger partial charge in [0.2, 0.25) is 0 Å². The maximum atomic E-state index is 12.2. The SMILES string of the molecule is CC1(C)CCC[C@]23C(=O)OCC2C(=O)CCC13.CC1(C)CCC[C@]23C(O)OCC2C(=O)CCC13. The third-order valence-corrected chi connectivity index (χ3v) is 11.0. The molecule has 6 fully saturated rings. The molecular formula is C28H42O6. The Hall–Kier alpha value is -1.27. The van der Waals surface area contributed by atoms with Gasteiger partial charge in [-0.3, -0.25) is 14.4 Å². The summed E-state index contributed by atoms with van der Waals surface area (Å²) < 4.78 is 10.7. The predicted octanol–water partition coefficient (Wildman–Crippen LogP) is 4.46. The molecule has 6 nitrogen and oxygen atoms in total. The summed E-state index contributed by atoms with van der Waals surface area (Å²) >= 11 is 0. The highest BCUT2D eigenvalue weighted by Crippen LogP contribution is 2.63. The number of ether oxygens (including phenoxy) is 2. The van der Waals surface area contributed by atoms with Crippen LogP contribution in [0.15, 0.2) is 0 Å². The minimum Gasteiger partial charge on any atom is -0.464 e. The number of rotatable bonds is 0. The number of esters is 1. The largest absolute Gasteiger partial charge is 0.464 e. The first-order valence-corrected chi connectivity index (χ1v) is 13.5. The second-order valence-electron chi connectivity index (χ2n) is 13.3. The Balaban J connectivity index is 0.000000142. The normalized spacial score (nSPS) is 46.3. The van der Waals surface area contributed by atoms with E-state index in [1.807, 2.05) is 0 Å². The van der Waals surface area contributed by atoms with E-state index in [1.165, 1.54) is 6.42 Å². The van der Waals surface area contributed by atoms with Gasteiger partial charge in [0.25, 0.3) is 0 Å². The summed E-state index contributed by atoms with van der Waals surface area (Å²) in [5, 5.41) is 10.3.